The van der Waals surface area contributed by atoms with Gasteiger partial charge in [-0.3, -0.25) is 4.99 Å². The Morgan fingerprint density at radius 2 is 2.00 bits per heavy atom. The fraction of sp³-hybridized carbons (Fsp3) is 0.929. The highest BCUT2D eigenvalue weighted by Gasteiger charge is 2.20. The van der Waals surface area contributed by atoms with Gasteiger partial charge in [0, 0.05) is 19.2 Å². The molecule has 1 atom stereocenters. The van der Waals surface area contributed by atoms with Crippen molar-refractivity contribution in [2.24, 2.45) is 16.8 Å². The Balaban J connectivity index is 0.00000324. The van der Waals surface area contributed by atoms with Gasteiger partial charge in [-0.05, 0) is 38.5 Å². The Bertz CT molecular complexity index is 255. The number of nitrogens with zero attached hydrogens (tertiary/aromatic N) is 1. The molecule has 1 rings (SSSR count). The number of guanidine groups is 1. The summed E-state index contributed by atoms with van der Waals surface area (Å²) in [6.45, 7) is 11.9. The average Bonchev–Trinajstić information content (AvgIpc) is 3.12. The molecule has 0 aromatic heterocycles. The van der Waals surface area contributed by atoms with Crippen LogP contribution in [0.1, 0.15) is 40.5 Å². The third kappa shape index (κ3) is 9.49. The van der Waals surface area contributed by atoms with Gasteiger partial charge in [-0.25, -0.2) is 0 Å². The summed E-state index contributed by atoms with van der Waals surface area (Å²) in [5.74, 6) is 2.33. The molecule has 1 aliphatic carbocycles. The molecule has 1 fully saturated rings. The zero-order valence-corrected chi connectivity index (χ0v) is 15.1. The highest BCUT2D eigenvalue weighted by Crippen LogP contribution is 2.28. The zero-order chi connectivity index (χ0) is 13.4. The molecule has 0 aromatic carbocycles. The van der Waals surface area contributed by atoms with Crippen molar-refractivity contribution in [3.8, 4) is 0 Å². The number of nitrogens with one attached hydrogen (secondary N) is 2. The van der Waals surface area contributed by atoms with Gasteiger partial charge in [-0.2, -0.15) is 0 Å². The monoisotopic (exact) mass is 383 g/mol. The van der Waals surface area contributed by atoms with E-state index in [4.69, 9.17) is 4.74 Å². The van der Waals surface area contributed by atoms with Crippen molar-refractivity contribution in [1.29, 1.82) is 0 Å². The van der Waals surface area contributed by atoms with E-state index in [1.807, 2.05) is 0 Å². The molecule has 2 N–H and O–H groups in total. The first-order chi connectivity index (χ1) is 8.63. The van der Waals surface area contributed by atoms with Gasteiger partial charge in [0.15, 0.2) is 5.96 Å². The molecular weight excluding hydrogens is 353 g/mol. The zero-order valence-electron chi connectivity index (χ0n) is 12.7. The lowest BCUT2D eigenvalue weighted by atomic mass is 10.1. The molecule has 5 heteroatoms. The van der Waals surface area contributed by atoms with E-state index < -0.39 is 0 Å². The van der Waals surface area contributed by atoms with Crippen LogP contribution in [-0.4, -0.2) is 38.3 Å². The van der Waals surface area contributed by atoms with E-state index in [0.29, 0.717) is 12.0 Å². The Morgan fingerprint density at radius 3 is 2.53 bits per heavy atom. The van der Waals surface area contributed by atoms with Gasteiger partial charge in [0.25, 0.3) is 0 Å². The second-order valence-electron chi connectivity index (χ2n) is 5.46. The standard InChI is InChI=1S/C14H29N3O.HI/c1-5-15-14(17-12(4)11(2)3)16-8-9-18-10-13-6-7-13;/h11-13H,5-10H2,1-4H3,(H2,15,16,17);1H. The number of hydrogen-bond acceptors (Lipinski definition) is 2. The van der Waals surface area contributed by atoms with Crippen LogP contribution in [0, 0.1) is 11.8 Å². The Hall–Kier alpha value is -0.0400. The van der Waals surface area contributed by atoms with E-state index in [0.717, 1.165) is 38.2 Å². The lowest BCUT2D eigenvalue weighted by Crippen LogP contribution is -2.44. The molecule has 1 aliphatic rings. The number of halogens is 1. The van der Waals surface area contributed by atoms with Crippen LogP contribution < -0.4 is 10.6 Å². The van der Waals surface area contributed by atoms with E-state index in [9.17, 15) is 0 Å². The highest BCUT2D eigenvalue weighted by molar-refractivity contribution is 14.0. The van der Waals surface area contributed by atoms with Crippen LogP contribution in [-0.2, 0) is 4.74 Å². The maximum Gasteiger partial charge on any atom is 0.191 e. The van der Waals surface area contributed by atoms with Crippen LogP contribution in [0.5, 0.6) is 0 Å². The van der Waals surface area contributed by atoms with Gasteiger partial charge in [0.05, 0.1) is 13.2 Å². The molecule has 0 amide bonds. The van der Waals surface area contributed by atoms with Crippen LogP contribution in [0.4, 0.5) is 0 Å². The van der Waals surface area contributed by atoms with E-state index >= 15 is 0 Å². The normalized spacial score (nSPS) is 17.0. The lowest BCUT2D eigenvalue weighted by molar-refractivity contribution is 0.131. The Labute approximate surface area is 135 Å². The SMILES string of the molecule is CCNC(=NCCOCC1CC1)NC(C)C(C)C.I. The molecule has 0 radical (unpaired) electrons. The van der Waals surface area contributed by atoms with Gasteiger partial charge in [-0.1, -0.05) is 13.8 Å². The van der Waals surface area contributed by atoms with Crippen molar-refractivity contribution in [1.82, 2.24) is 10.6 Å². The largest absolute Gasteiger partial charge is 0.379 e. The highest BCUT2D eigenvalue weighted by atomic mass is 127. The number of aliphatic imine (C=N–C) groups is 1. The summed E-state index contributed by atoms with van der Waals surface area (Å²) in [5.41, 5.74) is 0. The molecule has 19 heavy (non-hydrogen) atoms. The summed E-state index contributed by atoms with van der Waals surface area (Å²) in [6, 6.07) is 0.426. The molecule has 0 spiro atoms. The molecule has 0 saturated heterocycles. The average molecular weight is 383 g/mol. The molecular formula is C14H30IN3O. The van der Waals surface area contributed by atoms with Crippen molar-refractivity contribution in [2.75, 3.05) is 26.3 Å². The molecule has 1 saturated carbocycles. The maximum absolute atomic E-state index is 5.58. The van der Waals surface area contributed by atoms with Crippen molar-refractivity contribution >= 4 is 29.9 Å². The smallest absolute Gasteiger partial charge is 0.191 e. The summed E-state index contributed by atoms with van der Waals surface area (Å²) in [4.78, 5) is 4.52. The van der Waals surface area contributed by atoms with Gasteiger partial charge >= 0.3 is 0 Å². The van der Waals surface area contributed by atoms with Crippen molar-refractivity contribution in [2.45, 2.75) is 46.6 Å². The van der Waals surface area contributed by atoms with E-state index in [1.54, 1.807) is 0 Å². The molecule has 0 aliphatic heterocycles. The maximum atomic E-state index is 5.58. The van der Waals surface area contributed by atoms with Gasteiger partial charge in [-0.15, -0.1) is 24.0 Å². The quantitative estimate of drug-likeness (QED) is 0.293. The first-order valence-corrected chi connectivity index (χ1v) is 7.26. The van der Waals surface area contributed by atoms with Crippen LogP contribution >= 0.6 is 24.0 Å². The first kappa shape index (κ1) is 19.0. The number of hydrogen-bond donors (Lipinski definition) is 2. The minimum Gasteiger partial charge on any atom is -0.379 e. The molecule has 0 bridgehead atoms. The van der Waals surface area contributed by atoms with Gasteiger partial charge in [0.2, 0.25) is 0 Å². The van der Waals surface area contributed by atoms with Crippen LogP contribution in [0.15, 0.2) is 4.99 Å². The summed E-state index contributed by atoms with van der Waals surface area (Å²) >= 11 is 0. The summed E-state index contributed by atoms with van der Waals surface area (Å²) in [5, 5.41) is 6.68. The Morgan fingerprint density at radius 1 is 1.32 bits per heavy atom. The van der Waals surface area contributed by atoms with E-state index in [1.165, 1.54) is 12.8 Å². The predicted octanol–water partition coefficient (Wildman–Crippen LogP) is 2.63. The van der Waals surface area contributed by atoms with Crippen molar-refractivity contribution in [3.63, 3.8) is 0 Å². The minimum atomic E-state index is 0. The van der Waals surface area contributed by atoms with Gasteiger partial charge in [0.1, 0.15) is 0 Å². The number of ether oxygens (including phenoxy) is 1. The summed E-state index contributed by atoms with van der Waals surface area (Å²) in [7, 11) is 0. The fourth-order valence-corrected chi connectivity index (χ4v) is 1.46. The van der Waals surface area contributed by atoms with Crippen LogP contribution in [0.25, 0.3) is 0 Å². The summed E-state index contributed by atoms with van der Waals surface area (Å²) < 4.78 is 5.58. The number of rotatable bonds is 8. The molecule has 0 heterocycles. The van der Waals surface area contributed by atoms with Crippen molar-refractivity contribution in [3.05, 3.63) is 0 Å². The van der Waals surface area contributed by atoms with E-state index in [2.05, 4.69) is 43.3 Å². The van der Waals surface area contributed by atoms with Crippen LogP contribution in [0.2, 0.25) is 0 Å². The lowest BCUT2D eigenvalue weighted by Gasteiger charge is -2.20. The Kier molecular flexibility index (Phi) is 10.7. The minimum absolute atomic E-state index is 0. The first-order valence-electron chi connectivity index (χ1n) is 7.26. The second kappa shape index (κ2) is 10.7. The third-order valence-corrected chi connectivity index (χ3v) is 3.26. The van der Waals surface area contributed by atoms with E-state index in [-0.39, 0.29) is 24.0 Å². The molecule has 0 aromatic rings. The van der Waals surface area contributed by atoms with Crippen LogP contribution in [0.3, 0.4) is 0 Å². The topological polar surface area (TPSA) is 45.7 Å². The van der Waals surface area contributed by atoms with Gasteiger partial charge < -0.3 is 15.4 Å². The predicted molar refractivity (Wildman–Crippen MR) is 92.4 cm³/mol. The third-order valence-electron chi connectivity index (χ3n) is 3.26. The second-order valence-corrected chi connectivity index (χ2v) is 5.46. The molecule has 4 nitrogen and oxygen atoms in total. The molecule has 1 unspecified atom stereocenters. The fourth-order valence-electron chi connectivity index (χ4n) is 1.46. The molecule has 114 valence electrons. The summed E-state index contributed by atoms with van der Waals surface area (Å²) in [6.07, 6.45) is 2.69. The van der Waals surface area contributed by atoms with Crippen molar-refractivity contribution < 1.29 is 4.74 Å².